The molecule has 1 heterocycles. The van der Waals surface area contributed by atoms with Crippen molar-refractivity contribution in [2.24, 2.45) is 0 Å². The molecule has 5 nitrogen and oxygen atoms in total. The molecule has 1 aromatic rings. The molecular formula is C11H17N3O2S2. The fourth-order valence-electron chi connectivity index (χ4n) is 2.46. The summed E-state index contributed by atoms with van der Waals surface area (Å²) in [5, 5.41) is 3.72. The highest BCUT2D eigenvalue weighted by molar-refractivity contribution is 7.92. The summed E-state index contributed by atoms with van der Waals surface area (Å²) in [6.45, 7) is 0. The van der Waals surface area contributed by atoms with Crippen molar-refractivity contribution < 1.29 is 8.42 Å². The van der Waals surface area contributed by atoms with Gasteiger partial charge in [0.05, 0.1) is 5.25 Å². The highest BCUT2D eigenvalue weighted by atomic mass is 32.2. The number of sulfone groups is 1. The van der Waals surface area contributed by atoms with Crippen LogP contribution in [0.15, 0.2) is 4.90 Å². The quantitative estimate of drug-likeness (QED) is 0.885. The molecular weight excluding hydrogens is 270 g/mol. The van der Waals surface area contributed by atoms with Gasteiger partial charge in [0.25, 0.3) is 0 Å². The van der Waals surface area contributed by atoms with Crippen molar-refractivity contribution in [3.05, 3.63) is 0 Å². The molecule has 7 heteroatoms. The first-order chi connectivity index (χ1) is 8.59. The highest BCUT2D eigenvalue weighted by Crippen LogP contribution is 2.41. The lowest BCUT2D eigenvalue weighted by Crippen LogP contribution is -2.17. The van der Waals surface area contributed by atoms with Gasteiger partial charge in [0.1, 0.15) is 9.90 Å². The summed E-state index contributed by atoms with van der Waals surface area (Å²) in [5.41, 5.74) is 5.75. The minimum atomic E-state index is -3.27. The third-order valence-corrected chi connectivity index (χ3v) is 6.87. The van der Waals surface area contributed by atoms with Gasteiger partial charge in [0.2, 0.25) is 0 Å². The minimum Gasteiger partial charge on any atom is -0.382 e. The van der Waals surface area contributed by atoms with E-state index in [0.717, 1.165) is 25.7 Å². The average molecular weight is 287 g/mol. The first-order valence-corrected chi connectivity index (χ1v) is 8.66. The number of nitrogens with zero attached hydrogens (tertiary/aromatic N) is 1. The van der Waals surface area contributed by atoms with E-state index in [9.17, 15) is 8.42 Å². The Morgan fingerprint density at radius 1 is 1.22 bits per heavy atom. The van der Waals surface area contributed by atoms with E-state index in [4.69, 9.17) is 5.73 Å². The predicted molar refractivity (Wildman–Crippen MR) is 72.6 cm³/mol. The standard InChI is InChI=1S/C11H17N3O2S2/c12-10-9(18(15,16)8-5-6-8)11(17-14-10)13-7-3-1-2-4-7/h7-8,13H,1-6H2,(H2,12,14). The molecule has 2 fully saturated rings. The maximum Gasteiger partial charge on any atom is 0.187 e. The number of nitrogen functional groups attached to an aromatic ring is 1. The van der Waals surface area contributed by atoms with Gasteiger partial charge in [0.15, 0.2) is 15.7 Å². The Bertz CT molecular complexity index is 543. The smallest absolute Gasteiger partial charge is 0.187 e. The third kappa shape index (κ3) is 2.09. The Labute approximate surface area is 111 Å². The SMILES string of the molecule is Nc1nsc(NC2CCCC2)c1S(=O)(=O)C1CC1. The molecule has 0 amide bonds. The maximum absolute atomic E-state index is 12.3. The van der Waals surface area contributed by atoms with Crippen molar-refractivity contribution in [1.82, 2.24) is 4.37 Å². The molecule has 0 atom stereocenters. The lowest BCUT2D eigenvalue weighted by Gasteiger charge is -2.13. The van der Waals surface area contributed by atoms with Crippen LogP contribution < -0.4 is 11.1 Å². The average Bonchev–Trinajstić information content (AvgIpc) is 2.96. The topological polar surface area (TPSA) is 85.1 Å². The Kier molecular flexibility index (Phi) is 2.97. The second-order valence-corrected chi connectivity index (χ2v) is 8.03. The van der Waals surface area contributed by atoms with Crippen LogP contribution in [0.4, 0.5) is 10.8 Å². The van der Waals surface area contributed by atoms with Crippen molar-refractivity contribution in [3.63, 3.8) is 0 Å². The molecule has 3 N–H and O–H groups in total. The Morgan fingerprint density at radius 2 is 1.89 bits per heavy atom. The Balaban J connectivity index is 1.90. The maximum atomic E-state index is 12.3. The molecule has 18 heavy (non-hydrogen) atoms. The van der Waals surface area contributed by atoms with Gasteiger partial charge in [0, 0.05) is 6.04 Å². The first kappa shape index (κ1) is 12.2. The van der Waals surface area contributed by atoms with Gasteiger partial charge in [-0.1, -0.05) is 12.8 Å². The van der Waals surface area contributed by atoms with Crippen LogP contribution in [0.25, 0.3) is 0 Å². The summed E-state index contributed by atoms with van der Waals surface area (Å²) in [6, 6.07) is 0.373. The molecule has 0 aromatic carbocycles. The van der Waals surface area contributed by atoms with E-state index in [2.05, 4.69) is 9.69 Å². The number of nitrogens with two attached hydrogens (primary N) is 1. The number of anilines is 2. The second kappa shape index (κ2) is 4.38. The van der Waals surface area contributed by atoms with Crippen LogP contribution in [0.5, 0.6) is 0 Å². The zero-order valence-electron chi connectivity index (χ0n) is 10.1. The largest absolute Gasteiger partial charge is 0.382 e. The molecule has 0 radical (unpaired) electrons. The van der Waals surface area contributed by atoms with Crippen LogP contribution in [0.3, 0.4) is 0 Å². The van der Waals surface area contributed by atoms with E-state index in [1.807, 2.05) is 0 Å². The number of nitrogens with one attached hydrogen (secondary N) is 1. The zero-order chi connectivity index (χ0) is 12.8. The molecule has 2 aliphatic rings. The number of rotatable bonds is 4. The molecule has 0 spiro atoms. The molecule has 100 valence electrons. The Morgan fingerprint density at radius 3 is 2.50 bits per heavy atom. The Hall–Kier alpha value is -0.820. The van der Waals surface area contributed by atoms with Crippen LogP contribution in [0.2, 0.25) is 0 Å². The molecule has 1 aromatic heterocycles. The van der Waals surface area contributed by atoms with Crippen molar-refractivity contribution in [3.8, 4) is 0 Å². The van der Waals surface area contributed by atoms with E-state index < -0.39 is 9.84 Å². The van der Waals surface area contributed by atoms with Crippen molar-refractivity contribution in [2.45, 2.75) is 54.7 Å². The summed E-state index contributed by atoms with van der Waals surface area (Å²) in [6.07, 6.45) is 6.11. The van der Waals surface area contributed by atoms with Crippen LogP contribution in [-0.2, 0) is 9.84 Å². The minimum absolute atomic E-state index is 0.160. The fraction of sp³-hybridized carbons (Fsp3) is 0.727. The lowest BCUT2D eigenvalue weighted by atomic mass is 10.2. The van der Waals surface area contributed by atoms with Gasteiger partial charge in [-0.25, -0.2) is 8.42 Å². The second-order valence-electron chi connectivity index (χ2n) is 5.10. The number of hydrogen-bond donors (Lipinski definition) is 2. The zero-order valence-corrected chi connectivity index (χ0v) is 11.7. The predicted octanol–water partition coefficient (Wildman–Crippen LogP) is 2.02. The summed E-state index contributed by atoms with van der Waals surface area (Å²) in [4.78, 5) is 0.252. The van der Waals surface area contributed by atoms with Gasteiger partial charge >= 0.3 is 0 Å². The molecule has 3 rings (SSSR count). The van der Waals surface area contributed by atoms with E-state index >= 15 is 0 Å². The van der Waals surface area contributed by atoms with E-state index in [0.29, 0.717) is 11.0 Å². The van der Waals surface area contributed by atoms with Crippen LogP contribution in [0.1, 0.15) is 38.5 Å². The summed E-state index contributed by atoms with van der Waals surface area (Å²) in [5.74, 6) is 0.160. The van der Waals surface area contributed by atoms with Gasteiger partial charge in [-0.2, -0.15) is 4.37 Å². The molecule has 0 aliphatic heterocycles. The van der Waals surface area contributed by atoms with Gasteiger partial charge < -0.3 is 11.1 Å². The highest BCUT2D eigenvalue weighted by Gasteiger charge is 2.41. The lowest BCUT2D eigenvalue weighted by molar-refractivity contribution is 0.595. The summed E-state index contributed by atoms with van der Waals surface area (Å²) >= 11 is 1.17. The number of hydrogen-bond acceptors (Lipinski definition) is 6. The summed E-state index contributed by atoms with van der Waals surface area (Å²) in [7, 11) is -3.27. The molecule has 0 saturated heterocycles. The normalized spacial score (nSPS) is 21.3. The monoisotopic (exact) mass is 287 g/mol. The van der Waals surface area contributed by atoms with Gasteiger partial charge in [-0.05, 0) is 37.2 Å². The molecule has 0 bridgehead atoms. The first-order valence-electron chi connectivity index (χ1n) is 6.34. The van der Waals surface area contributed by atoms with E-state index in [-0.39, 0.29) is 16.0 Å². The van der Waals surface area contributed by atoms with Crippen molar-refractivity contribution in [2.75, 3.05) is 11.1 Å². The van der Waals surface area contributed by atoms with E-state index in [1.165, 1.54) is 24.4 Å². The van der Waals surface area contributed by atoms with Crippen LogP contribution in [0, 0.1) is 0 Å². The molecule has 2 aliphatic carbocycles. The van der Waals surface area contributed by atoms with E-state index in [1.54, 1.807) is 0 Å². The van der Waals surface area contributed by atoms with Crippen molar-refractivity contribution in [1.29, 1.82) is 0 Å². The van der Waals surface area contributed by atoms with Gasteiger partial charge in [-0.3, -0.25) is 0 Å². The van der Waals surface area contributed by atoms with Crippen LogP contribution in [-0.4, -0.2) is 24.1 Å². The van der Waals surface area contributed by atoms with Crippen molar-refractivity contribution >= 4 is 32.2 Å². The fourth-order valence-corrected chi connectivity index (χ4v) is 5.41. The van der Waals surface area contributed by atoms with Crippen LogP contribution >= 0.6 is 11.5 Å². The summed E-state index contributed by atoms with van der Waals surface area (Å²) < 4.78 is 28.6. The number of aromatic nitrogens is 1. The van der Waals surface area contributed by atoms with Gasteiger partial charge in [-0.15, -0.1) is 0 Å². The molecule has 0 unspecified atom stereocenters. The third-order valence-electron chi connectivity index (χ3n) is 3.61. The molecule has 2 saturated carbocycles.